The second kappa shape index (κ2) is 4.13. The number of rotatable bonds is 2. The summed E-state index contributed by atoms with van der Waals surface area (Å²) in [5, 5.41) is 0. The lowest BCUT2D eigenvalue weighted by molar-refractivity contribution is 0.411. The number of pyridine rings is 1. The molecule has 2 N–H and O–H groups in total. The van der Waals surface area contributed by atoms with Crippen molar-refractivity contribution in [1.82, 2.24) is 14.3 Å². The first-order valence-electron chi connectivity index (χ1n) is 6.12. The van der Waals surface area contributed by atoms with Crippen molar-refractivity contribution in [1.29, 1.82) is 0 Å². The van der Waals surface area contributed by atoms with Crippen LogP contribution in [0.2, 0.25) is 0 Å². The minimum absolute atomic E-state index is 0.574. The van der Waals surface area contributed by atoms with Crippen LogP contribution in [-0.2, 0) is 6.54 Å². The monoisotopic (exact) mass is 230 g/mol. The Labute approximate surface area is 101 Å². The minimum Gasteiger partial charge on any atom is -0.326 e. The zero-order valence-electron chi connectivity index (χ0n) is 10.1. The summed E-state index contributed by atoms with van der Waals surface area (Å²) in [5.41, 5.74) is 9.00. The van der Waals surface area contributed by atoms with Crippen LogP contribution in [0.1, 0.15) is 23.6 Å². The first-order valence-corrected chi connectivity index (χ1v) is 6.12. The first kappa shape index (κ1) is 10.7. The summed E-state index contributed by atoms with van der Waals surface area (Å²) in [4.78, 5) is 7.08. The van der Waals surface area contributed by atoms with E-state index in [1.54, 1.807) is 0 Å². The van der Waals surface area contributed by atoms with Crippen LogP contribution in [0.25, 0.3) is 5.65 Å². The van der Waals surface area contributed by atoms with E-state index in [0.717, 1.165) is 17.8 Å². The summed E-state index contributed by atoms with van der Waals surface area (Å²) in [6.45, 7) is 2.87. The van der Waals surface area contributed by atoms with Gasteiger partial charge in [-0.1, -0.05) is 0 Å². The Kier molecular flexibility index (Phi) is 2.61. The van der Waals surface area contributed by atoms with E-state index in [-0.39, 0.29) is 0 Å². The smallest absolute Gasteiger partial charge is 0.137 e. The maximum atomic E-state index is 5.64. The third-order valence-electron chi connectivity index (χ3n) is 3.59. The molecular formula is C13H18N4. The van der Waals surface area contributed by atoms with Gasteiger partial charge in [0, 0.05) is 31.4 Å². The van der Waals surface area contributed by atoms with E-state index in [1.165, 1.54) is 18.7 Å². The number of nitrogens with two attached hydrogens (primary N) is 1. The standard InChI is InChI=1S/C13H18N4/c1-16-4-3-11(8-16)12-9-17-5-2-10(7-14)6-13(17)15-12/h2,5-6,9,11H,3-4,7-8,14H2,1H3. The molecule has 2 aromatic rings. The van der Waals surface area contributed by atoms with E-state index < -0.39 is 0 Å². The van der Waals surface area contributed by atoms with Gasteiger partial charge < -0.3 is 15.0 Å². The van der Waals surface area contributed by atoms with Crippen molar-refractivity contribution in [2.45, 2.75) is 18.9 Å². The van der Waals surface area contributed by atoms with Gasteiger partial charge >= 0.3 is 0 Å². The molecule has 0 aromatic carbocycles. The summed E-state index contributed by atoms with van der Waals surface area (Å²) in [5.74, 6) is 0.584. The number of hydrogen-bond donors (Lipinski definition) is 1. The molecule has 4 nitrogen and oxygen atoms in total. The maximum Gasteiger partial charge on any atom is 0.137 e. The highest BCUT2D eigenvalue weighted by Gasteiger charge is 2.23. The van der Waals surface area contributed by atoms with Gasteiger partial charge in [-0.15, -0.1) is 0 Å². The van der Waals surface area contributed by atoms with E-state index in [9.17, 15) is 0 Å². The Morgan fingerprint density at radius 3 is 3.12 bits per heavy atom. The molecule has 90 valence electrons. The molecule has 2 aromatic heterocycles. The molecular weight excluding hydrogens is 212 g/mol. The highest BCUT2D eigenvalue weighted by molar-refractivity contribution is 5.43. The van der Waals surface area contributed by atoms with Gasteiger partial charge in [-0.3, -0.25) is 0 Å². The molecule has 0 spiro atoms. The predicted octanol–water partition coefficient (Wildman–Crippen LogP) is 1.21. The Morgan fingerprint density at radius 2 is 2.41 bits per heavy atom. The Balaban J connectivity index is 1.96. The third-order valence-corrected chi connectivity index (χ3v) is 3.59. The number of likely N-dealkylation sites (tertiary alicyclic amines) is 1. The van der Waals surface area contributed by atoms with Crippen LogP contribution in [0, 0.1) is 0 Å². The molecule has 1 fully saturated rings. The van der Waals surface area contributed by atoms with Crippen LogP contribution in [0.4, 0.5) is 0 Å². The largest absolute Gasteiger partial charge is 0.326 e. The topological polar surface area (TPSA) is 46.6 Å². The molecule has 0 amide bonds. The molecule has 17 heavy (non-hydrogen) atoms. The first-order chi connectivity index (χ1) is 8.26. The van der Waals surface area contributed by atoms with Crippen LogP contribution in [0.15, 0.2) is 24.5 Å². The van der Waals surface area contributed by atoms with Gasteiger partial charge in [-0.2, -0.15) is 0 Å². The second-order valence-electron chi connectivity index (χ2n) is 4.92. The molecule has 0 aliphatic carbocycles. The zero-order chi connectivity index (χ0) is 11.8. The molecule has 1 unspecified atom stereocenters. The van der Waals surface area contributed by atoms with Crippen LogP contribution < -0.4 is 5.73 Å². The third kappa shape index (κ3) is 1.94. The van der Waals surface area contributed by atoms with E-state index in [0.29, 0.717) is 12.5 Å². The van der Waals surface area contributed by atoms with E-state index in [1.807, 2.05) is 6.20 Å². The summed E-state index contributed by atoms with van der Waals surface area (Å²) in [7, 11) is 2.17. The molecule has 1 atom stereocenters. The van der Waals surface area contributed by atoms with Gasteiger partial charge in [-0.05, 0) is 37.7 Å². The SMILES string of the molecule is CN1CCC(c2cn3ccc(CN)cc3n2)C1. The van der Waals surface area contributed by atoms with E-state index in [4.69, 9.17) is 10.7 Å². The normalized spacial score (nSPS) is 21.4. The van der Waals surface area contributed by atoms with Crippen molar-refractivity contribution in [3.05, 3.63) is 35.8 Å². The van der Waals surface area contributed by atoms with Crippen molar-refractivity contribution in [2.24, 2.45) is 5.73 Å². The lowest BCUT2D eigenvalue weighted by Crippen LogP contribution is -2.13. The molecule has 0 saturated carbocycles. The van der Waals surface area contributed by atoms with Crippen LogP contribution in [0.3, 0.4) is 0 Å². The van der Waals surface area contributed by atoms with E-state index >= 15 is 0 Å². The van der Waals surface area contributed by atoms with E-state index in [2.05, 4.69) is 34.7 Å². The van der Waals surface area contributed by atoms with Crippen molar-refractivity contribution in [2.75, 3.05) is 20.1 Å². The summed E-state index contributed by atoms with van der Waals surface area (Å²) >= 11 is 0. The summed E-state index contributed by atoms with van der Waals surface area (Å²) in [6.07, 6.45) is 5.41. The molecule has 0 bridgehead atoms. The number of likely N-dealkylation sites (N-methyl/N-ethyl adjacent to an activating group) is 1. The lowest BCUT2D eigenvalue weighted by Gasteiger charge is -2.06. The highest BCUT2D eigenvalue weighted by atomic mass is 15.1. The maximum absolute atomic E-state index is 5.64. The fourth-order valence-electron chi connectivity index (χ4n) is 2.54. The zero-order valence-corrected chi connectivity index (χ0v) is 10.1. The van der Waals surface area contributed by atoms with Gasteiger partial charge in [-0.25, -0.2) is 4.98 Å². The molecule has 1 saturated heterocycles. The Hall–Kier alpha value is -1.39. The van der Waals surface area contributed by atoms with Crippen LogP contribution in [0.5, 0.6) is 0 Å². The quantitative estimate of drug-likeness (QED) is 0.843. The fourth-order valence-corrected chi connectivity index (χ4v) is 2.54. The number of aromatic nitrogens is 2. The van der Waals surface area contributed by atoms with Gasteiger partial charge in [0.2, 0.25) is 0 Å². The lowest BCUT2D eigenvalue weighted by atomic mass is 10.1. The Morgan fingerprint density at radius 1 is 1.53 bits per heavy atom. The average Bonchev–Trinajstić information content (AvgIpc) is 2.93. The fraction of sp³-hybridized carbons (Fsp3) is 0.462. The van der Waals surface area contributed by atoms with Gasteiger partial charge in [0.1, 0.15) is 5.65 Å². The summed E-state index contributed by atoms with van der Waals surface area (Å²) < 4.78 is 2.09. The van der Waals surface area contributed by atoms with Gasteiger partial charge in [0.05, 0.1) is 5.69 Å². The number of hydrogen-bond acceptors (Lipinski definition) is 3. The van der Waals surface area contributed by atoms with Crippen molar-refractivity contribution < 1.29 is 0 Å². The average molecular weight is 230 g/mol. The molecule has 1 aliphatic heterocycles. The molecule has 3 heterocycles. The van der Waals surface area contributed by atoms with Gasteiger partial charge in [0.15, 0.2) is 0 Å². The van der Waals surface area contributed by atoms with Crippen molar-refractivity contribution in [3.63, 3.8) is 0 Å². The highest BCUT2D eigenvalue weighted by Crippen LogP contribution is 2.25. The number of nitrogens with zero attached hydrogens (tertiary/aromatic N) is 3. The number of fused-ring (bicyclic) bond motifs is 1. The molecule has 1 aliphatic rings. The molecule has 0 radical (unpaired) electrons. The van der Waals surface area contributed by atoms with Crippen molar-refractivity contribution in [3.8, 4) is 0 Å². The van der Waals surface area contributed by atoms with Crippen LogP contribution >= 0.6 is 0 Å². The molecule has 4 heteroatoms. The molecule has 3 rings (SSSR count). The Bertz CT molecular complexity index is 531. The second-order valence-corrected chi connectivity index (χ2v) is 4.92. The van der Waals surface area contributed by atoms with Crippen LogP contribution in [-0.4, -0.2) is 34.4 Å². The van der Waals surface area contributed by atoms with Gasteiger partial charge in [0.25, 0.3) is 0 Å². The van der Waals surface area contributed by atoms with Crippen molar-refractivity contribution >= 4 is 5.65 Å². The predicted molar refractivity (Wildman–Crippen MR) is 67.9 cm³/mol. The number of imidazole rings is 1. The minimum atomic E-state index is 0.574. The summed E-state index contributed by atoms with van der Waals surface area (Å²) in [6, 6.07) is 4.13.